The van der Waals surface area contributed by atoms with E-state index in [0.717, 1.165) is 17.1 Å². The van der Waals surface area contributed by atoms with Crippen molar-refractivity contribution in [3.8, 4) is 11.5 Å². The Bertz CT molecular complexity index is 1270. The molecular formula is C26H29N7O2. The van der Waals surface area contributed by atoms with Gasteiger partial charge in [0, 0.05) is 29.9 Å². The predicted octanol–water partition coefficient (Wildman–Crippen LogP) is 3.37. The Balaban J connectivity index is 1.47. The van der Waals surface area contributed by atoms with Gasteiger partial charge in [-0.1, -0.05) is 50.2 Å². The standard InChI is InChI=1S/C26H29N7O2/c1-26(2,16-34)23(18-8-5-4-6-9-18)30-25(35)19-10-7-11-20(14-19)28-15-22-31-32-24(33(22)3)21-12-13-27-17-29-21/h4-14,17,23,28,34H,15-16H2,1-3H3,(H,30,35). The van der Waals surface area contributed by atoms with Crippen LogP contribution in [0.25, 0.3) is 11.5 Å². The van der Waals surface area contributed by atoms with Crippen LogP contribution in [0.5, 0.6) is 0 Å². The van der Waals surface area contributed by atoms with Crippen LogP contribution in [-0.4, -0.2) is 42.4 Å². The van der Waals surface area contributed by atoms with Gasteiger partial charge in [-0.05, 0) is 29.8 Å². The highest BCUT2D eigenvalue weighted by Crippen LogP contribution is 2.33. The summed E-state index contributed by atoms with van der Waals surface area (Å²) in [5.41, 5.74) is 2.39. The Morgan fingerprint density at radius 1 is 1.09 bits per heavy atom. The number of aromatic nitrogens is 5. The van der Waals surface area contributed by atoms with Crippen molar-refractivity contribution in [1.29, 1.82) is 0 Å². The fourth-order valence-electron chi connectivity index (χ4n) is 3.79. The summed E-state index contributed by atoms with van der Waals surface area (Å²) in [5, 5.41) is 24.9. The van der Waals surface area contributed by atoms with Gasteiger partial charge in [-0.3, -0.25) is 4.79 Å². The van der Waals surface area contributed by atoms with Crippen molar-refractivity contribution < 1.29 is 9.90 Å². The molecule has 2 heterocycles. The fraction of sp³-hybridized carbons (Fsp3) is 0.269. The molecule has 3 N–H and O–H groups in total. The number of carbonyl (C=O) groups excluding carboxylic acids is 1. The number of aliphatic hydroxyl groups is 1. The fourth-order valence-corrected chi connectivity index (χ4v) is 3.79. The minimum atomic E-state index is -0.542. The molecule has 0 aliphatic rings. The average Bonchev–Trinajstić information content (AvgIpc) is 3.27. The summed E-state index contributed by atoms with van der Waals surface area (Å²) in [6.45, 7) is 4.21. The van der Waals surface area contributed by atoms with Gasteiger partial charge in [-0.2, -0.15) is 0 Å². The second-order valence-corrected chi connectivity index (χ2v) is 8.99. The average molecular weight is 472 g/mol. The number of carbonyl (C=O) groups is 1. The maximum Gasteiger partial charge on any atom is 0.251 e. The van der Waals surface area contributed by atoms with E-state index in [-0.39, 0.29) is 18.6 Å². The number of rotatable bonds is 9. The number of hydrogen-bond acceptors (Lipinski definition) is 7. The molecule has 0 aliphatic carbocycles. The van der Waals surface area contributed by atoms with Crippen LogP contribution >= 0.6 is 0 Å². The molecule has 0 fully saturated rings. The SMILES string of the molecule is Cn1c(CNc2cccc(C(=O)NC(c3ccccc3)C(C)(C)CO)c2)nnc1-c1ccncn1. The van der Waals surface area contributed by atoms with Crippen LogP contribution in [0.15, 0.2) is 73.2 Å². The Hall–Kier alpha value is -4.11. The minimum absolute atomic E-state index is 0.0663. The van der Waals surface area contributed by atoms with E-state index in [1.54, 1.807) is 24.4 Å². The topological polar surface area (TPSA) is 118 Å². The molecule has 1 unspecified atom stereocenters. The van der Waals surface area contributed by atoms with E-state index < -0.39 is 5.41 Å². The largest absolute Gasteiger partial charge is 0.396 e. The zero-order chi connectivity index (χ0) is 24.8. The van der Waals surface area contributed by atoms with Crippen LogP contribution in [0.2, 0.25) is 0 Å². The molecule has 4 aromatic rings. The molecule has 1 atom stereocenters. The molecule has 35 heavy (non-hydrogen) atoms. The molecule has 2 aromatic heterocycles. The van der Waals surface area contributed by atoms with Crippen molar-refractivity contribution in [1.82, 2.24) is 30.0 Å². The molecule has 0 saturated carbocycles. The number of amides is 1. The normalized spacial score (nSPS) is 12.2. The number of nitrogens with one attached hydrogen (secondary N) is 2. The highest BCUT2D eigenvalue weighted by Gasteiger charge is 2.31. The summed E-state index contributed by atoms with van der Waals surface area (Å²) < 4.78 is 1.87. The lowest BCUT2D eigenvalue weighted by atomic mass is 9.81. The van der Waals surface area contributed by atoms with Crippen LogP contribution in [0.1, 0.15) is 41.6 Å². The van der Waals surface area contributed by atoms with Crippen LogP contribution < -0.4 is 10.6 Å². The number of aliphatic hydroxyl groups excluding tert-OH is 1. The van der Waals surface area contributed by atoms with E-state index in [4.69, 9.17) is 0 Å². The maximum atomic E-state index is 13.2. The van der Waals surface area contributed by atoms with Gasteiger partial charge < -0.3 is 20.3 Å². The Morgan fingerprint density at radius 3 is 2.60 bits per heavy atom. The van der Waals surface area contributed by atoms with Gasteiger partial charge in [-0.15, -0.1) is 10.2 Å². The monoisotopic (exact) mass is 471 g/mol. The number of benzene rings is 2. The van der Waals surface area contributed by atoms with Crippen LogP contribution in [0.3, 0.4) is 0 Å². The summed E-state index contributed by atoms with van der Waals surface area (Å²) in [7, 11) is 1.88. The molecule has 180 valence electrons. The highest BCUT2D eigenvalue weighted by atomic mass is 16.3. The second kappa shape index (κ2) is 10.4. The molecule has 0 spiro atoms. The van der Waals surface area contributed by atoms with Crippen LogP contribution in [-0.2, 0) is 13.6 Å². The van der Waals surface area contributed by atoms with Gasteiger partial charge >= 0.3 is 0 Å². The van der Waals surface area contributed by atoms with Gasteiger partial charge in [-0.25, -0.2) is 9.97 Å². The van der Waals surface area contributed by atoms with Crippen molar-refractivity contribution >= 4 is 11.6 Å². The van der Waals surface area contributed by atoms with Crippen LogP contribution in [0.4, 0.5) is 5.69 Å². The lowest BCUT2D eigenvalue weighted by molar-refractivity contribution is 0.0808. The molecule has 9 heteroatoms. The second-order valence-electron chi connectivity index (χ2n) is 8.99. The van der Waals surface area contributed by atoms with E-state index in [2.05, 4.69) is 30.8 Å². The van der Waals surface area contributed by atoms with Gasteiger partial charge in [0.05, 0.1) is 19.2 Å². The van der Waals surface area contributed by atoms with E-state index in [9.17, 15) is 9.90 Å². The maximum absolute atomic E-state index is 13.2. The first kappa shape index (κ1) is 24.0. The van der Waals surface area contributed by atoms with E-state index in [1.165, 1.54) is 6.33 Å². The molecule has 0 aliphatic heterocycles. The number of anilines is 1. The quantitative estimate of drug-likeness (QED) is 0.342. The van der Waals surface area contributed by atoms with Gasteiger partial charge in [0.15, 0.2) is 11.6 Å². The molecule has 4 rings (SSSR count). The van der Waals surface area contributed by atoms with Crippen molar-refractivity contribution in [3.05, 3.63) is 90.1 Å². The molecule has 0 saturated heterocycles. The molecule has 2 aromatic carbocycles. The van der Waals surface area contributed by atoms with Gasteiger partial charge in [0.2, 0.25) is 0 Å². The Morgan fingerprint density at radius 2 is 1.89 bits per heavy atom. The van der Waals surface area contributed by atoms with Crippen molar-refractivity contribution in [2.24, 2.45) is 12.5 Å². The number of nitrogens with zero attached hydrogens (tertiary/aromatic N) is 5. The summed E-state index contributed by atoms with van der Waals surface area (Å²) in [6.07, 6.45) is 3.14. The minimum Gasteiger partial charge on any atom is -0.396 e. The summed E-state index contributed by atoms with van der Waals surface area (Å²) in [6, 6.07) is 18.4. The Labute approximate surface area is 204 Å². The zero-order valence-electron chi connectivity index (χ0n) is 20.0. The Kier molecular flexibility index (Phi) is 7.17. The third kappa shape index (κ3) is 5.52. The van der Waals surface area contributed by atoms with E-state index in [0.29, 0.717) is 23.6 Å². The molecule has 0 radical (unpaired) electrons. The van der Waals surface area contributed by atoms with Crippen molar-refractivity contribution in [2.75, 3.05) is 11.9 Å². The third-order valence-corrected chi connectivity index (χ3v) is 5.95. The summed E-state index contributed by atoms with van der Waals surface area (Å²) in [5.74, 6) is 1.16. The smallest absolute Gasteiger partial charge is 0.251 e. The third-order valence-electron chi connectivity index (χ3n) is 5.95. The molecule has 0 bridgehead atoms. The van der Waals surface area contributed by atoms with Crippen LogP contribution in [0, 0.1) is 5.41 Å². The molecule has 9 nitrogen and oxygen atoms in total. The molecular weight excluding hydrogens is 442 g/mol. The predicted molar refractivity (Wildman–Crippen MR) is 133 cm³/mol. The lowest BCUT2D eigenvalue weighted by Crippen LogP contribution is -2.40. The highest BCUT2D eigenvalue weighted by molar-refractivity contribution is 5.95. The van der Waals surface area contributed by atoms with E-state index >= 15 is 0 Å². The van der Waals surface area contributed by atoms with Crippen molar-refractivity contribution in [3.63, 3.8) is 0 Å². The van der Waals surface area contributed by atoms with E-state index in [1.807, 2.05) is 67.9 Å². The number of hydrogen-bond donors (Lipinski definition) is 3. The van der Waals surface area contributed by atoms with Crippen molar-refractivity contribution in [2.45, 2.75) is 26.4 Å². The van der Waals surface area contributed by atoms with Gasteiger partial charge in [0.1, 0.15) is 12.0 Å². The molecule has 1 amide bonds. The first-order valence-corrected chi connectivity index (χ1v) is 11.3. The zero-order valence-corrected chi connectivity index (χ0v) is 20.0. The first-order valence-electron chi connectivity index (χ1n) is 11.3. The lowest BCUT2D eigenvalue weighted by Gasteiger charge is -2.33. The summed E-state index contributed by atoms with van der Waals surface area (Å²) in [4.78, 5) is 21.3. The summed E-state index contributed by atoms with van der Waals surface area (Å²) >= 11 is 0. The first-order chi connectivity index (χ1) is 16.9. The van der Waals surface area contributed by atoms with Gasteiger partial charge in [0.25, 0.3) is 5.91 Å².